The Hall–Kier alpha value is -4.93. The third-order valence-corrected chi connectivity index (χ3v) is 6.95. The van der Waals surface area contributed by atoms with Crippen molar-refractivity contribution in [3.05, 3.63) is 76.6 Å². The number of nitrogens with zero attached hydrogens (tertiary/aromatic N) is 3. The van der Waals surface area contributed by atoms with E-state index < -0.39 is 23.6 Å². The molecule has 0 spiro atoms. The number of amidine groups is 1. The van der Waals surface area contributed by atoms with Crippen molar-refractivity contribution in [3.63, 3.8) is 0 Å². The van der Waals surface area contributed by atoms with Gasteiger partial charge in [-0.15, -0.1) is 0 Å². The van der Waals surface area contributed by atoms with E-state index in [1.807, 2.05) is 24.3 Å². The first-order valence-corrected chi connectivity index (χ1v) is 13.5. The van der Waals surface area contributed by atoms with E-state index >= 15 is 0 Å². The summed E-state index contributed by atoms with van der Waals surface area (Å²) in [5, 5.41) is 5.46. The molecule has 11 nitrogen and oxygen atoms in total. The molecule has 2 aliphatic heterocycles. The van der Waals surface area contributed by atoms with E-state index in [1.54, 1.807) is 31.3 Å². The fourth-order valence-corrected chi connectivity index (χ4v) is 4.95. The largest absolute Gasteiger partial charge is 0.460 e. The van der Waals surface area contributed by atoms with Gasteiger partial charge >= 0.3 is 12.0 Å². The summed E-state index contributed by atoms with van der Waals surface area (Å²) < 4.78 is 10.3. The number of hydrogen-bond acceptors (Lipinski definition) is 8. The van der Waals surface area contributed by atoms with Gasteiger partial charge in [-0.1, -0.05) is 37.1 Å². The number of rotatable bonds is 4. The Labute approximate surface area is 236 Å². The Morgan fingerprint density at radius 2 is 1.76 bits per heavy atom. The average molecular weight is 558 g/mol. The van der Waals surface area contributed by atoms with Crippen LogP contribution in [0.15, 0.2) is 75.1 Å². The summed E-state index contributed by atoms with van der Waals surface area (Å²) in [6.45, 7) is 2.84. The molecule has 41 heavy (non-hydrogen) atoms. The van der Waals surface area contributed by atoms with Gasteiger partial charge in [0.25, 0.3) is 5.91 Å². The number of benzodiazepines with no additional fused rings is 1. The quantitative estimate of drug-likeness (QED) is 0.464. The minimum atomic E-state index is -1.14. The predicted octanol–water partition coefficient (Wildman–Crippen LogP) is 3.98. The Morgan fingerprint density at radius 1 is 1.00 bits per heavy atom. The molecule has 2 aromatic carbocycles. The average Bonchev–Trinajstić information content (AvgIpc) is 3.29. The first-order chi connectivity index (χ1) is 19.8. The lowest BCUT2D eigenvalue weighted by atomic mass is 10.1. The highest BCUT2D eigenvalue weighted by molar-refractivity contribution is 6.12. The van der Waals surface area contributed by atoms with Crippen molar-refractivity contribution < 1.29 is 23.5 Å². The van der Waals surface area contributed by atoms with Gasteiger partial charge in [0.2, 0.25) is 17.3 Å². The number of amides is 3. The molecule has 11 heteroatoms. The van der Waals surface area contributed by atoms with Gasteiger partial charge in [0.1, 0.15) is 17.9 Å². The van der Waals surface area contributed by atoms with E-state index in [0.29, 0.717) is 17.1 Å². The summed E-state index contributed by atoms with van der Waals surface area (Å²) in [4.78, 5) is 58.5. The Balaban J connectivity index is 1.37. The maximum Gasteiger partial charge on any atom is 0.321 e. The molecule has 0 saturated carbocycles. The van der Waals surface area contributed by atoms with E-state index in [-0.39, 0.29) is 17.4 Å². The molecule has 0 bridgehead atoms. The van der Waals surface area contributed by atoms with Crippen LogP contribution in [0.4, 0.5) is 16.2 Å². The number of carbonyl (C=O) groups is 3. The van der Waals surface area contributed by atoms with Crippen LogP contribution in [0.3, 0.4) is 0 Å². The lowest BCUT2D eigenvalue weighted by Crippen LogP contribution is -2.47. The van der Waals surface area contributed by atoms with Gasteiger partial charge in [-0.05, 0) is 37.1 Å². The predicted molar refractivity (Wildman–Crippen MR) is 154 cm³/mol. The van der Waals surface area contributed by atoms with Crippen LogP contribution < -0.4 is 25.7 Å². The molecule has 1 fully saturated rings. The monoisotopic (exact) mass is 557 g/mol. The zero-order chi connectivity index (χ0) is 28.9. The van der Waals surface area contributed by atoms with Crippen LogP contribution in [0.1, 0.15) is 38.2 Å². The van der Waals surface area contributed by atoms with Crippen LogP contribution in [0, 0.1) is 0 Å². The van der Waals surface area contributed by atoms with Gasteiger partial charge in [-0.2, -0.15) is 0 Å². The summed E-state index contributed by atoms with van der Waals surface area (Å²) in [5.74, 6) is -0.289. The lowest BCUT2D eigenvalue weighted by molar-refractivity contribution is -0.132. The van der Waals surface area contributed by atoms with E-state index in [0.717, 1.165) is 56.3 Å². The molecule has 0 unspecified atom stereocenters. The third kappa shape index (κ3) is 6.29. The first-order valence-electron chi connectivity index (χ1n) is 13.5. The number of para-hydroxylation sites is 1. The number of aliphatic imine (C=N–C) groups is 1. The van der Waals surface area contributed by atoms with Crippen molar-refractivity contribution in [3.8, 4) is 17.1 Å². The third-order valence-electron chi connectivity index (χ3n) is 6.95. The van der Waals surface area contributed by atoms with Gasteiger partial charge in [0, 0.05) is 49.9 Å². The van der Waals surface area contributed by atoms with E-state index in [1.165, 1.54) is 17.9 Å². The highest BCUT2D eigenvalue weighted by Crippen LogP contribution is 2.27. The summed E-state index contributed by atoms with van der Waals surface area (Å²) in [5.41, 5.74) is 1.98. The molecule has 2 N–H and O–H groups in total. The van der Waals surface area contributed by atoms with Crippen LogP contribution in [0.2, 0.25) is 0 Å². The van der Waals surface area contributed by atoms with Crippen LogP contribution in [-0.4, -0.2) is 54.9 Å². The molecule has 1 atom stereocenters. The second-order valence-electron chi connectivity index (χ2n) is 9.92. The fraction of sp³-hybridized carbons (Fsp3) is 0.300. The van der Waals surface area contributed by atoms with Crippen LogP contribution >= 0.6 is 0 Å². The molecule has 3 aromatic rings. The number of anilines is 2. The smallest absolute Gasteiger partial charge is 0.321 e. The lowest BCUT2D eigenvalue weighted by Gasteiger charge is -2.25. The van der Waals surface area contributed by atoms with Crippen molar-refractivity contribution in [2.24, 2.45) is 4.99 Å². The van der Waals surface area contributed by atoms with Crippen LogP contribution in [-0.2, 0) is 9.59 Å². The number of likely N-dealkylation sites (tertiary alicyclic amines) is 1. The van der Waals surface area contributed by atoms with Gasteiger partial charge < -0.3 is 29.6 Å². The van der Waals surface area contributed by atoms with Gasteiger partial charge in [0.15, 0.2) is 0 Å². The molecule has 2 aliphatic rings. The molecular formula is C30H31N5O6. The van der Waals surface area contributed by atoms with Crippen molar-refractivity contribution in [2.75, 3.05) is 30.4 Å². The maximum absolute atomic E-state index is 13.4. The number of urea groups is 1. The summed E-state index contributed by atoms with van der Waals surface area (Å²) in [6, 6.07) is 14.9. The Kier molecular flexibility index (Phi) is 8.14. The van der Waals surface area contributed by atoms with Gasteiger partial charge in [-0.3, -0.25) is 14.4 Å². The zero-order valence-electron chi connectivity index (χ0n) is 22.9. The molecule has 5 rings (SSSR count). The maximum atomic E-state index is 13.4. The van der Waals surface area contributed by atoms with E-state index in [2.05, 4.69) is 15.5 Å². The fourth-order valence-electron chi connectivity index (χ4n) is 4.95. The number of likely N-dealkylation sites (N-methyl/N-ethyl adjacent to an activating group) is 1. The Bertz CT molecular complexity index is 1560. The number of fused-ring (bicyclic) bond motifs is 1. The minimum Gasteiger partial charge on any atom is -0.460 e. The van der Waals surface area contributed by atoms with Gasteiger partial charge in [-0.25, -0.2) is 9.79 Å². The number of esters is 1. The number of ether oxygens (including phenoxy) is 1. The van der Waals surface area contributed by atoms with Crippen molar-refractivity contribution in [1.29, 1.82) is 0 Å². The molecule has 0 radical (unpaired) electrons. The topological polar surface area (TPSA) is 134 Å². The van der Waals surface area contributed by atoms with E-state index in [9.17, 15) is 19.2 Å². The van der Waals surface area contributed by atoms with Crippen molar-refractivity contribution in [1.82, 2.24) is 10.2 Å². The molecule has 0 aliphatic carbocycles. The van der Waals surface area contributed by atoms with Crippen LogP contribution in [0.25, 0.3) is 11.3 Å². The van der Waals surface area contributed by atoms with Crippen LogP contribution in [0.5, 0.6) is 5.75 Å². The number of benzene rings is 2. The first kappa shape index (κ1) is 27.6. The number of hydrogen-bond donors (Lipinski definition) is 2. The van der Waals surface area contributed by atoms with Crippen molar-refractivity contribution in [2.45, 2.75) is 38.8 Å². The molecule has 1 aromatic heterocycles. The second-order valence-corrected chi connectivity index (χ2v) is 9.92. The molecule has 3 heterocycles. The summed E-state index contributed by atoms with van der Waals surface area (Å²) >= 11 is 0. The number of carbonyl (C=O) groups excluding carboxylic acids is 3. The SMILES string of the molecule is CC(=O)Oc1coc(-c2cccc(NC(=O)N[C@@H]3N=C(N4CCCCCC4)c4ccccc4N(C)C3=O)c2)cc1=O. The molecular weight excluding hydrogens is 526 g/mol. The van der Waals surface area contributed by atoms with Gasteiger partial charge in [0.05, 0.1) is 5.69 Å². The standard InChI is InChI=1S/C30H31N5O6/c1-19(36)41-26-18-40-25(17-24(26)37)20-10-9-11-21(16-20)31-30(39)33-27-29(38)34(2)23-13-6-5-12-22(23)28(32-27)35-14-7-3-4-8-15-35/h5-6,9-13,16-18,27H,3-4,7-8,14-15H2,1-2H3,(H2,31,33,39)/t27-/m0/s1. The summed E-state index contributed by atoms with van der Waals surface area (Å²) in [6.07, 6.45) is 4.29. The Morgan fingerprint density at radius 3 is 2.49 bits per heavy atom. The molecule has 212 valence electrons. The normalized spacial score (nSPS) is 17.1. The summed E-state index contributed by atoms with van der Waals surface area (Å²) in [7, 11) is 1.68. The van der Waals surface area contributed by atoms with Crippen molar-refractivity contribution >= 4 is 35.1 Å². The highest BCUT2D eigenvalue weighted by Gasteiger charge is 2.32. The minimum absolute atomic E-state index is 0.213. The molecule has 3 amide bonds. The number of nitrogens with one attached hydrogen (secondary N) is 2. The second kappa shape index (κ2) is 12.1. The zero-order valence-corrected chi connectivity index (χ0v) is 22.9. The van der Waals surface area contributed by atoms with E-state index in [4.69, 9.17) is 14.1 Å². The molecule has 1 saturated heterocycles. The highest BCUT2D eigenvalue weighted by atomic mass is 16.5.